The zero-order chi connectivity index (χ0) is 10.4. The van der Waals surface area contributed by atoms with Crippen LogP contribution in [0.3, 0.4) is 0 Å². The van der Waals surface area contributed by atoms with Gasteiger partial charge in [0.15, 0.2) is 0 Å². The molecule has 0 spiro atoms. The number of hydrogen-bond donors (Lipinski definition) is 1. The molecule has 0 heterocycles. The van der Waals surface area contributed by atoms with Gasteiger partial charge in [0.1, 0.15) is 11.6 Å². The van der Waals surface area contributed by atoms with Gasteiger partial charge in [-0.05, 0) is 26.2 Å². The Morgan fingerprint density at radius 2 is 1.93 bits per heavy atom. The van der Waals surface area contributed by atoms with Crippen molar-refractivity contribution in [1.82, 2.24) is 0 Å². The summed E-state index contributed by atoms with van der Waals surface area (Å²) in [7, 11) is 0. The van der Waals surface area contributed by atoms with E-state index in [0.717, 1.165) is 6.42 Å². The fourth-order valence-electron chi connectivity index (χ4n) is 2.81. The van der Waals surface area contributed by atoms with E-state index in [1.807, 2.05) is 6.92 Å². The average molecular weight is 196 g/mol. The lowest BCUT2D eigenvalue weighted by molar-refractivity contribution is -0.168. The quantitative estimate of drug-likeness (QED) is 0.634. The van der Waals surface area contributed by atoms with Gasteiger partial charge >= 0.3 is 0 Å². The van der Waals surface area contributed by atoms with E-state index in [-0.39, 0.29) is 18.0 Å². The molecule has 0 aromatic carbocycles. The van der Waals surface area contributed by atoms with Crippen LogP contribution in [0.15, 0.2) is 0 Å². The van der Waals surface area contributed by atoms with E-state index in [0.29, 0.717) is 25.7 Å². The van der Waals surface area contributed by atoms with Crippen LogP contribution in [-0.4, -0.2) is 22.3 Å². The van der Waals surface area contributed by atoms with Gasteiger partial charge in [-0.25, -0.2) is 0 Å². The number of aliphatic hydroxyl groups is 1. The molecular formula is C11H16O3. The zero-order valence-electron chi connectivity index (χ0n) is 8.51. The van der Waals surface area contributed by atoms with Gasteiger partial charge in [0.2, 0.25) is 0 Å². The lowest BCUT2D eigenvalue weighted by Crippen LogP contribution is -2.57. The van der Waals surface area contributed by atoms with Gasteiger partial charge in [0.05, 0.1) is 11.0 Å². The Labute approximate surface area is 83.5 Å². The molecule has 78 valence electrons. The minimum absolute atomic E-state index is 0.0969. The predicted octanol–water partition coefficient (Wildman–Crippen LogP) is 1.23. The van der Waals surface area contributed by atoms with Gasteiger partial charge in [-0.2, -0.15) is 0 Å². The van der Waals surface area contributed by atoms with Crippen LogP contribution < -0.4 is 0 Å². The third-order valence-electron chi connectivity index (χ3n) is 4.03. The van der Waals surface area contributed by atoms with Gasteiger partial charge in [0, 0.05) is 19.3 Å². The molecule has 0 aromatic heterocycles. The van der Waals surface area contributed by atoms with Crippen LogP contribution in [-0.2, 0) is 9.59 Å². The maximum absolute atomic E-state index is 11.8. The van der Waals surface area contributed by atoms with E-state index in [9.17, 15) is 14.7 Å². The highest BCUT2D eigenvalue weighted by Gasteiger charge is 2.56. The van der Waals surface area contributed by atoms with Crippen molar-refractivity contribution in [3.8, 4) is 0 Å². The van der Waals surface area contributed by atoms with Crippen molar-refractivity contribution in [1.29, 1.82) is 0 Å². The van der Waals surface area contributed by atoms with Crippen molar-refractivity contribution in [2.75, 3.05) is 0 Å². The molecule has 0 radical (unpaired) electrons. The molecule has 2 aliphatic rings. The molecule has 3 nitrogen and oxygen atoms in total. The van der Waals surface area contributed by atoms with Crippen LogP contribution in [0, 0.1) is 5.41 Å². The molecule has 0 aromatic rings. The Hall–Kier alpha value is -0.700. The highest BCUT2D eigenvalue weighted by Crippen LogP contribution is 2.49. The first-order valence-corrected chi connectivity index (χ1v) is 5.25. The minimum Gasteiger partial charge on any atom is -0.388 e. The Balaban J connectivity index is 2.36. The fraction of sp³-hybridized carbons (Fsp3) is 0.818. The lowest BCUT2D eigenvalue weighted by Gasteiger charge is -2.49. The first kappa shape index (κ1) is 9.84. The minimum atomic E-state index is -1.04. The molecule has 2 saturated carbocycles. The Kier molecular flexibility index (Phi) is 2.03. The number of carbonyl (C=O) groups is 2. The first-order valence-electron chi connectivity index (χ1n) is 5.25. The molecule has 0 unspecified atom stereocenters. The molecule has 14 heavy (non-hydrogen) atoms. The van der Waals surface area contributed by atoms with Crippen molar-refractivity contribution in [3.63, 3.8) is 0 Å². The molecule has 2 atom stereocenters. The number of rotatable bonds is 0. The second-order valence-corrected chi connectivity index (χ2v) is 4.86. The molecule has 2 fully saturated rings. The highest BCUT2D eigenvalue weighted by atomic mass is 16.3. The molecule has 0 amide bonds. The molecule has 1 N–H and O–H groups in total. The van der Waals surface area contributed by atoms with Gasteiger partial charge < -0.3 is 5.11 Å². The summed E-state index contributed by atoms with van der Waals surface area (Å²) < 4.78 is 0. The third kappa shape index (κ3) is 1.15. The largest absolute Gasteiger partial charge is 0.388 e. The average Bonchev–Trinajstić information content (AvgIpc) is 2.10. The topological polar surface area (TPSA) is 54.4 Å². The second-order valence-electron chi connectivity index (χ2n) is 4.86. The van der Waals surface area contributed by atoms with E-state index in [1.165, 1.54) is 0 Å². The van der Waals surface area contributed by atoms with E-state index in [1.54, 1.807) is 0 Å². The van der Waals surface area contributed by atoms with Crippen LogP contribution in [0.1, 0.15) is 45.4 Å². The molecule has 0 saturated heterocycles. The van der Waals surface area contributed by atoms with E-state index >= 15 is 0 Å². The molecule has 0 bridgehead atoms. The van der Waals surface area contributed by atoms with Crippen LogP contribution >= 0.6 is 0 Å². The lowest BCUT2D eigenvalue weighted by atomic mass is 9.56. The second kappa shape index (κ2) is 2.89. The maximum atomic E-state index is 11.8. The summed E-state index contributed by atoms with van der Waals surface area (Å²) in [5, 5.41) is 10.3. The summed E-state index contributed by atoms with van der Waals surface area (Å²) in [5.74, 6) is 0.235. The van der Waals surface area contributed by atoms with Gasteiger partial charge in [-0.15, -0.1) is 0 Å². The number of fused-ring (bicyclic) bond motifs is 1. The molecule has 0 aliphatic heterocycles. The number of carbonyl (C=O) groups excluding carboxylic acids is 2. The maximum Gasteiger partial charge on any atom is 0.141 e. The summed E-state index contributed by atoms with van der Waals surface area (Å²) in [4.78, 5) is 23.1. The van der Waals surface area contributed by atoms with Gasteiger partial charge in [-0.3, -0.25) is 9.59 Å². The Morgan fingerprint density at radius 1 is 1.21 bits per heavy atom. The van der Waals surface area contributed by atoms with Crippen molar-refractivity contribution in [2.24, 2.45) is 5.41 Å². The van der Waals surface area contributed by atoms with Crippen molar-refractivity contribution >= 4 is 11.6 Å². The van der Waals surface area contributed by atoms with E-state index in [2.05, 4.69) is 0 Å². The normalized spacial score (nSPS) is 43.6. The zero-order valence-corrected chi connectivity index (χ0v) is 8.51. The summed E-state index contributed by atoms with van der Waals surface area (Å²) in [6.45, 7) is 1.82. The first-order chi connectivity index (χ1) is 6.48. The predicted molar refractivity (Wildman–Crippen MR) is 50.8 cm³/mol. The molecule has 2 aliphatic carbocycles. The van der Waals surface area contributed by atoms with Crippen molar-refractivity contribution in [3.05, 3.63) is 0 Å². The molecule has 2 rings (SSSR count). The molecular weight excluding hydrogens is 180 g/mol. The fourth-order valence-corrected chi connectivity index (χ4v) is 2.81. The highest BCUT2D eigenvalue weighted by molar-refractivity contribution is 5.91. The third-order valence-corrected chi connectivity index (χ3v) is 4.03. The van der Waals surface area contributed by atoms with Crippen molar-refractivity contribution < 1.29 is 14.7 Å². The van der Waals surface area contributed by atoms with Crippen LogP contribution in [0.2, 0.25) is 0 Å². The number of ketones is 2. The van der Waals surface area contributed by atoms with Crippen LogP contribution in [0.25, 0.3) is 0 Å². The summed E-state index contributed by atoms with van der Waals surface area (Å²) in [5.41, 5.74) is -1.70. The smallest absolute Gasteiger partial charge is 0.141 e. The monoisotopic (exact) mass is 196 g/mol. The van der Waals surface area contributed by atoms with E-state index in [4.69, 9.17) is 0 Å². The Bertz CT molecular complexity index is 297. The molecule has 3 heteroatoms. The SMILES string of the molecule is C[C@]12CCC(=O)C[C@]1(O)CCCC2=O. The Morgan fingerprint density at radius 3 is 2.64 bits per heavy atom. The summed E-state index contributed by atoms with van der Waals surface area (Å²) in [6, 6.07) is 0. The van der Waals surface area contributed by atoms with E-state index < -0.39 is 11.0 Å². The number of Topliss-reactive ketones (excluding diaryl/α,β-unsaturated/α-hetero) is 2. The van der Waals surface area contributed by atoms with Gasteiger partial charge in [-0.1, -0.05) is 0 Å². The van der Waals surface area contributed by atoms with Crippen LogP contribution in [0.5, 0.6) is 0 Å². The van der Waals surface area contributed by atoms with Crippen molar-refractivity contribution in [2.45, 2.75) is 51.0 Å². The summed E-state index contributed by atoms with van der Waals surface area (Å²) in [6.07, 6.45) is 3.03. The summed E-state index contributed by atoms with van der Waals surface area (Å²) >= 11 is 0. The number of hydrogen-bond acceptors (Lipinski definition) is 3. The van der Waals surface area contributed by atoms with Gasteiger partial charge in [0.25, 0.3) is 0 Å². The van der Waals surface area contributed by atoms with Crippen LogP contribution in [0.4, 0.5) is 0 Å². The standard InChI is InChI=1S/C11H16O3/c1-10-6-4-8(12)7-11(10,14)5-2-3-9(10)13/h14H,2-7H2,1H3/t10-,11-/m1/s1.